The lowest BCUT2D eigenvalue weighted by Gasteiger charge is -2.32. The third kappa shape index (κ3) is 3.64. The lowest BCUT2D eigenvalue weighted by atomic mass is 9.97. The zero-order chi connectivity index (χ0) is 18.8. The van der Waals surface area contributed by atoms with E-state index in [0.29, 0.717) is 12.5 Å². The Bertz CT molecular complexity index is 900. The Morgan fingerprint density at radius 1 is 1.00 bits per heavy atom. The number of H-pyrrole nitrogens is 1. The number of hydrogen-bond donors (Lipinski definition) is 2. The second kappa shape index (κ2) is 7.72. The molecule has 2 aromatic carbocycles. The Morgan fingerprint density at radius 2 is 1.79 bits per heavy atom. The molecule has 1 fully saturated rings. The number of nitrogens with one attached hydrogen (secondary N) is 2. The minimum Gasteiger partial charge on any atom is -0.486 e. The summed E-state index contributed by atoms with van der Waals surface area (Å²) < 4.78 is 11.8. The van der Waals surface area contributed by atoms with Crippen LogP contribution in [0.1, 0.15) is 12.8 Å². The number of piperidine rings is 1. The number of rotatable bonds is 5. The van der Waals surface area contributed by atoms with Crippen molar-refractivity contribution < 1.29 is 9.47 Å². The van der Waals surface area contributed by atoms with Crippen molar-refractivity contribution in [2.24, 2.45) is 5.92 Å². The molecule has 1 atom stereocenters. The highest BCUT2D eigenvalue weighted by Gasteiger charge is 2.23. The van der Waals surface area contributed by atoms with Gasteiger partial charge in [-0.3, -0.25) is 0 Å². The summed E-state index contributed by atoms with van der Waals surface area (Å²) >= 11 is 0. The number of nitrogens with zero attached hydrogens (tertiary/aromatic N) is 2. The van der Waals surface area contributed by atoms with Crippen LogP contribution < -0.4 is 19.7 Å². The number of benzene rings is 2. The molecule has 146 valence electrons. The second-order valence-corrected chi connectivity index (χ2v) is 7.66. The van der Waals surface area contributed by atoms with E-state index in [0.717, 1.165) is 54.7 Å². The molecule has 3 aromatic rings. The van der Waals surface area contributed by atoms with E-state index in [-0.39, 0.29) is 6.10 Å². The van der Waals surface area contributed by atoms with E-state index in [1.165, 1.54) is 12.8 Å². The van der Waals surface area contributed by atoms with Crippen molar-refractivity contribution in [2.75, 3.05) is 37.7 Å². The molecule has 0 aliphatic carbocycles. The Kier molecular flexibility index (Phi) is 4.79. The highest BCUT2D eigenvalue weighted by atomic mass is 16.6. The summed E-state index contributed by atoms with van der Waals surface area (Å²) in [4.78, 5) is 10.5. The molecule has 1 aromatic heterocycles. The molecule has 6 nitrogen and oxygen atoms in total. The van der Waals surface area contributed by atoms with E-state index < -0.39 is 0 Å². The first-order valence-corrected chi connectivity index (χ1v) is 10.1. The van der Waals surface area contributed by atoms with Crippen molar-refractivity contribution in [3.63, 3.8) is 0 Å². The predicted octanol–water partition coefficient (Wildman–Crippen LogP) is 3.21. The molecule has 0 amide bonds. The number of aromatic amines is 1. The SMILES string of the molecule is c1ccc2c(c1)OCC(CNCC1CCN(c3nc4ccccc4[nH]3)CC1)O2. The van der Waals surface area contributed by atoms with Crippen LogP contribution in [0, 0.1) is 5.92 Å². The number of fused-ring (bicyclic) bond motifs is 2. The van der Waals surface area contributed by atoms with E-state index in [4.69, 9.17) is 14.5 Å². The van der Waals surface area contributed by atoms with Gasteiger partial charge in [0.05, 0.1) is 11.0 Å². The van der Waals surface area contributed by atoms with E-state index >= 15 is 0 Å². The molecule has 0 spiro atoms. The second-order valence-electron chi connectivity index (χ2n) is 7.66. The number of ether oxygens (including phenoxy) is 2. The van der Waals surface area contributed by atoms with Crippen LogP contribution in [-0.4, -0.2) is 48.9 Å². The van der Waals surface area contributed by atoms with Crippen LogP contribution in [-0.2, 0) is 0 Å². The largest absolute Gasteiger partial charge is 0.486 e. The summed E-state index contributed by atoms with van der Waals surface area (Å²) in [5.74, 6) is 3.38. The first kappa shape index (κ1) is 17.4. The molecule has 1 saturated heterocycles. The molecule has 2 aliphatic rings. The lowest BCUT2D eigenvalue weighted by molar-refractivity contribution is 0.0894. The standard InChI is InChI=1S/C22H26N4O2/c1-2-6-19-18(5-1)24-22(25-19)26-11-9-16(10-12-26)13-23-14-17-15-27-20-7-3-4-8-21(20)28-17/h1-8,16-17,23H,9-15H2,(H,24,25). The van der Waals surface area contributed by atoms with Crippen LogP contribution in [0.5, 0.6) is 11.5 Å². The monoisotopic (exact) mass is 378 g/mol. The molecular weight excluding hydrogens is 352 g/mol. The Hall–Kier alpha value is -2.73. The molecular formula is C22H26N4O2. The van der Waals surface area contributed by atoms with Crippen LogP contribution in [0.3, 0.4) is 0 Å². The fourth-order valence-corrected chi connectivity index (χ4v) is 4.05. The highest BCUT2D eigenvalue weighted by molar-refractivity contribution is 5.77. The quantitative estimate of drug-likeness (QED) is 0.714. The van der Waals surface area contributed by atoms with Crippen molar-refractivity contribution >= 4 is 17.0 Å². The Morgan fingerprint density at radius 3 is 2.64 bits per heavy atom. The van der Waals surface area contributed by atoms with Gasteiger partial charge in [-0.2, -0.15) is 0 Å². The molecule has 2 aliphatic heterocycles. The van der Waals surface area contributed by atoms with Crippen molar-refractivity contribution in [3.05, 3.63) is 48.5 Å². The average molecular weight is 378 g/mol. The van der Waals surface area contributed by atoms with Crippen molar-refractivity contribution in [2.45, 2.75) is 18.9 Å². The van der Waals surface area contributed by atoms with Gasteiger partial charge in [0.1, 0.15) is 12.7 Å². The molecule has 6 heteroatoms. The minimum absolute atomic E-state index is 0.0746. The minimum atomic E-state index is 0.0746. The number of aromatic nitrogens is 2. The summed E-state index contributed by atoms with van der Waals surface area (Å²) in [7, 11) is 0. The van der Waals surface area contributed by atoms with Gasteiger partial charge in [-0.25, -0.2) is 4.98 Å². The van der Waals surface area contributed by atoms with Crippen LogP contribution in [0.2, 0.25) is 0 Å². The summed E-state index contributed by atoms with van der Waals surface area (Å²) in [5.41, 5.74) is 2.15. The van der Waals surface area contributed by atoms with Crippen LogP contribution in [0.25, 0.3) is 11.0 Å². The molecule has 2 N–H and O–H groups in total. The van der Waals surface area contributed by atoms with E-state index in [1.807, 2.05) is 36.4 Å². The topological polar surface area (TPSA) is 62.4 Å². The summed E-state index contributed by atoms with van der Waals surface area (Å²) in [6.45, 7) is 4.53. The lowest BCUT2D eigenvalue weighted by Crippen LogP contribution is -2.42. The summed E-state index contributed by atoms with van der Waals surface area (Å²) in [6.07, 6.45) is 2.43. The molecule has 28 heavy (non-hydrogen) atoms. The van der Waals surface area contributed by atoms with Gasteiger partial charge >= 0.3 is 0 Å². The first-order chi connectivity index (χ1) is 13.8. The van der Waals surface area contributed by atoms with Gasteiger partial charge in [-0.15, -0.1) is 0 Å². The first-order valence-electron chi connectivity index (χ1n) is 10.1. The zero-order valence-electron chi connectivity index (χ0n) is 15.9. The highest BCUT2D eigenvalue weighted by Crippen LogP contribution is 2.30. The van der Waals surface area contributed by atoms with Crippen molar-refractivity contribution in [1.82, 2.24) is 15.3 Å². The molecule has 0 saturated carbocycles. The Balaban J connectivity index is 1.07. The molecule has 0 bridgehead atoms. The number of para-hydroxylation sites is 4. The smallest absolute Gasteiger partial charge is 0.203 e. The maximum absolute atomic E-state index is 6.02. The third-order valence-electron chi connectivity index (χ3n) is 5.66. The van der Waals surface area contributed by atoms with Crippen molar-refractivity contribution in [3.8, 4) is 11.5 Å². The van der Waals surface area contributed by atoms with Gasteiger partial charge in [0, 0.05) is 19.6 Å². The number of imidazole rings is 1. The zero-order valence-corrected chi connectivity index (χ0v) is 15.9. The molecule has 3 heterocycles. The van der Waals surface area contributed by atoms with Crippen molar-refractivity contribution in [1.29, 1.82) is 0 Å². The van der Waals surface area contributed by atoms with Gasteiger partial charge in [-0.1, -0.05) is 24.3 Å². The molecule has 5 rings (SSSR count). The van der Waals surface area contributed by atoms with Gasteiger partial charge < -0.3 is 24.7 Å². The average Bonchev–Trinajstić information content (AvgIpc) is 3.18. The maximum atomic E-state index is 6.02. The van der Waals surface area contributed by atoms with Crippen LogP contribution >= 0.6 is 0 Å². The Labute approximate surface area is 164 Å². The van der Waals surface area contributed by atoms with Crippen LogP contribution in [0.4, 0.5) is 5.95 Å². The molecule has 0 radical (unpaired) electrons. The normalized spacial score (nSPS) is 19.9. The van der Waals surface area contributed by atoms with Gasteiger partial charge in [-0.05, 0) is 49.6 Å². The number of anilines is 1. The van der Waals surface area contributed by atoms with E-state index in [2.05, 4.69) is 27.3 Å². The fraction of sp³-hybridized carbons (Fsp3) is 0.409. The molecule has 1 unspecified atom stereocenters. The van der Waals surface area contributed by atoms with Crippen LogP contribution in [0.15, 0.2) is 48.5 Å². The van der Waals surface area contributed by atoms with E-state index in [1.54, 1.807) is 0 Å². The van der Waals surface area contributed by atoms with E-state index in [9.17, 15) is 0 Å². The third-order valence-corrected chi connectivity index (χ3v) is 5.66. The summed E-state index contributed by atoms with van der Waals surface area (Å²) in [6, 6.07) is 16.1. The van der Waals surface area contributed by atoms with Gasteiger partial charge in [0.15, 0.2) is 11.5 Å². The predicted molar refractivity (Wildman–Crippen MR) is 110 cm³/mol. The van der Waals surface area contributed by atoms with Gasteiger partial charge in [0.25, 0.3) is 0 Å². The fourth-order valence-electron chi connectivity index (χ4n) is 4.05. The van der Waals surface area contributed by atoms with Gasteiger partial charge in [0.2, 0.25) is 5.95 Å². The summed E-state index contributed by atoms with van der Waals surface area (Å²) in [5, 5.41) is 3.58. The number of hydrogen-bond acceptors (Lipinski definition) is 5. The maximum Gasteiger partial charge on any atom is 0.203 e.